The Morgan fingerprint density at radius 3 is 1.67 bits per heavy atom. The lowest BCUT2D eigenvalue weighted by Gasteiger charge is -2.62. The fourth-order valence-corrected chi connectivity index (χ4v) is 17.4. The molecule has 4 saturated carbocycles. The van der Waals surface area contributed by atoms with E-state index in [1.807, 2.05) is 0 Å². The van der Waals surface area contributed by atoms with Crippen molar-refractivity contribution in [1.82, 2.24) is 0 Å². The van der Waals surface area contributed by atoms with Gasteiger partial charge in [-0.2, -0.15) is 0 Å². The highest BCUT2D eigenvalue weighted by Gasteiger charge is 2.73. The zero-order valence-corrected chi connectivity index (χ0v) is 48.1. The number of hydrogen-bond donors (Lipinski definition) is 17. The molecule has 11 aliphatic rings. The van der Waals surface area contributed by atoms with Gasteiger partial charge in [0, 0.05) is 18.3 Å². The third-order valence-electron chi connectivity index (χ3n) is 22.2. The highest BCUT2D eigenvalue weighted by molar-refractivity contribution is 5.19. The predicted octanol–water partition coefficient (Wildman–Crippen LogP) is -6.50. The average Bonchev–Trinajstić information content (AvgIpc) is 1.59. The molecule has 38 atom stereocenters. The van der Waals surface area contributed by atoms with E-state index in [-0.39, 0.29) is 52.4 Å². The molecule has 29 heteroatoms. The highest BCUT2D eigenvalue weighted by atomic mass is 16.8. The molecule has 490 valence electrons. The fourth-order valence-electron chi connectivity index (χ4n) is 17.4. The first-order valence-electron chi connectivity index (χ1n) is 30.5. The second-order valence-corrected chi connectivity index (χ2v) is 26.9. The Morgan fingerprint density at radius 1 is 0.447 bits per heavy atom. The second kappa shape index (κ2) is 25.4. The van der Waals surface area contributed by atoms with E-state index in [9.17, 15) is 86.8 Å². The largest absolute Gasteiger partial charge is 0.394 e. The van der Waals surface area contributed by atoms with Gasteiger partial charge in [0.15, 0.2) is 37.2 Å². The van der Waals surface area contributed by atoms with Crippen LogP contribution in [0.25, 0.3) is 0 Å². The Labute approximate surface area is 491 Å². The van der Waals surface area contributed by atoms with Gasteiger partial charge >= 0.3 is 0 Å². The zero-order chi connectivity index (χ0) is 61.1. The molecule has 7 heterocycles. The van der Waals surface area contributed by atoms with Crippen molar-refractivity contribution in [3.05, 3.63) is 0 Å². The molecular formula is C56H92O29. The van der Waals surface area contributed by atoms with E-state index in [1.165, 1.54) is 0 Å². The molecule has 0 aromatic rings. The van der Waals surface area contributed by atoms with Crippen LogP contribution in [0, 0.1) is 52.3 Å². The summed E-state index contributed by atoms with van der Waals surface area (Å²) >= 11 is 0. The van der Waals surface area contributed by atoms with Gasteiger partial charge in [-0.1, -0.05) is 27.7 Å². The molecule has 11 fully saturated rings. The van der Waals surface area contributed by atoms with Gasteiger partial charge in [-0.15, -0.1) is 0 Å². The Kier molecular flexibility index (Phi) is 19.5. The van der Waals surface area contributed by atoms with E-state index >= 15 is 0 Å². The minimum atomic E-state index is -2.21. The van der Waals surface area contributed by atoms with E-state index in [4.69, 9.17) is 56.8 Å². The maximum Gasteiger partial charge on any atom is 0.187 e. The Bertz CT molecular complexity index is 2220. The van der Waals surface area contributed by atoms with Gasteiger partial charge in [-0.25, -0.2) is 0 Å². The van der Waals surface area contributed by atoms with Gasteiger partial charge in [-0.05, 0) is 85.4 Å². The highest BCUT2D eigenvalue weighted by Crippen LogP contribution is 2.71. The first-order chi connectivity index (χ1) is 40.3. The molecular weight excluding hydrogens is 1140 g/mol. The van der Waals surface area contributed by atoms with Gasteiger partial charge in [0.05, 0.1) is 64.1 Å². The summed E-state index contributed by atoms with van der Waals surface area (Å²) in [5.41, 5.74) is -0.531. The predicted molar refractivity (Wildman–Crippen MR) is 278 cm³/mol. The number of aliphatic hydroxyl groups excluding tert-OH is 17. The molecule has 1 spiro atoms. The van der Waals surface area contributed by atoms with Crippen LogP contribution < -0.4 is 0 Å². The van der Waals surface area contributed by atoms with Crippen molar-refractivity contribution in [3.63, 3.8) is 0 Å². The third kappa shape index (κ3) is 11.3. The molecule has 17 N–H and O–H groups in total. The lowest BCUT2D eigenvalue weighted by molar-refractivity contribution is -0.410. The minimum absolute atomic E-state index is 0.00749. The van der Waals surface area contributed by atoms with Crippen molar-refractivity contribution in [1.29, 1.82) is 0 Å². The number of ether oxygens (including phenoxy) is 12. The van der Waals surface area contributed by atoms with Gasteiger partial charge in [0.1, 0.15) is 116 Å². The van der Waals surface area contributed by atoms with Crippen molar-refractivity contribution in [2.45, 2.75) is 257 Å². The Morgan fingerprint density at radius 2 is 1.01 bits per heavy atom. The van der Waals surface area contributed by atoms with Crippen molar-refractivity contribution < 1.29 is 144 Å². The number of rotatable bonds is 14. The molecule has 0 aromatic heterocycles. The first-order valence-corrected chi connectivity index (χ1v) is 30.5. The molecule has 11 unspecified atom stereocenters. The van der Waals surface area contributed by atoms with E-state index < -0.39 is 205 Å². The van der Waals surface area contributed by atoms with Crippen molar-refractivity contribution in [2.75, 3.05) is 39.6 Å². The molecule has 0 radical (unpaired) electrons. The maximum atomic E-state index is 12.3. The molecule has 4 aliphatic carbocycles. The summed E-state index contributed by atoms with van der Waals surface area (Å²) in [5, 5.41) is 188. The zero-order valence-electron chi connectivity index (χ0n) is 48.1. The standard InChI is InChI=1S/C56H92O29/c1-19-7-10-56(75-17-19)20(2)31-45(85-56)37(67)32-22-6-5-21-11-26(24(61)12-55(21,4)23(22)8-9-54(31,32)3)76-50-42(72)39(69)44(30(16-60)80-50)81-53-48(47(36(66)29(15-59)79-53)83-49-40(70)33(63)25(62)18-74-49)84-52-43(73)46(35(65)28(14-58)78-52)82-51-41(71)38(68)34(64)27(13-57)77-51/h19-53,57-73H,5-18H2,1-4H3/t19-,20-,21+,22-,23+,24-,25-,26?,27?,28?,29?,30-,31+,32-,33+,34-,35-,36-,37+,38?,39?,40?,41-,42-,43-,44-,45?,46+,47+,48?,49?,50?,51+,52+,53+,54-,55+,56+/m0/s1. The molecule has 7 saturated heterocycles. The average molecular weight is 1230 g/mol. The molecule has 11 rings (SSSR count). The quantitative estimate of drug-likeness (QED) is 0.0719. The Balaban J connectivity index is 0.797. The lowest BCUT2D eigenvalue weighted by Crippen LogP contribution is -2.69. The van der Waals surface area contributed by atoms with Crippen LogP contribution in [0.2, 0.25) is 0 Å². The maximum absolute atomic E-state index is 12.3. The summed E-state index contributed by atoms with van der Waals surface area (Å²) in [4.78, 5) is 0. The van der Waals surface area contributed by atoms with Crippen molar-refractivity contribution in [3.8, 4) is 0 Å². The molecule has 0 bridgehead atoms. The van der Waals surface area contributed by atoms with Crippen LogP contribution in [-0.2, 0) is 56.8 Å². The lowest BCUT2D eigenvalue weighted by atomic mass is 9.44. The van der Waals surface area contributed by atoms with Crippen LogP contribution in [0.1, 0.15) is 79.1 Å². The fraction of sp³-hybridized carbons (Fsp3) is 1.00. The third-order valence-corrected chi connectivity index (χ3v) is 22.2. The Hall–Kier alpha value is -1.16. The van der Waals surface area contributed by atoms with Crippen LogP contribution in [-0.4, -0.2) is 304 Å². The van der Waals surface area contributed by atoms with Crippen LogP contribution in [0.3, 0.4) is 0 Å². The van der Waals surface area contributed by atoms with Gasteiger partial charge < -0.3 is 144 Å². The van der Waals surface area contributed by atoms with Crippen molar-refractivity contribution >= 4 is 0 Å². The van der Waals surface area contributed by atoms with Crippen molar-refractivity contribution in [2.24, 2.45) is 52.3 Å². The normalized spacial score (nSPS) is 58.1. The summed E-state index contributed by atoms with van der Waals surface area (Å²) in [7, 11) is 0. The summed E-state index contributed by atoms with van der Waals surface area (Å²) in [6, 6.07) is 0. The van der Waals surface area contributed by atoms with Crippen LogP contribution in [0.5, 0.6) is 0 Å². The van der Waals surface area contributed by atoms with E-state index in [0.717, 1.165) is 38.5 Å². The molecule has 29 nitrogen and oxygen atoms in total. The van der Waals surface area contributed by atoms with E-state index in [1.54, 1.807) is 0 Å². The summed E-state index contributed by atoms with van der Waals surface area (Å²) < 4.78 is 72.8. The van der Waals surface area contributed by atoms with E-state index in [0.29, 0.717) is 25.4 Å². The smallest absolute Gasteiger partial charge is 0.187 e. The summed E-state index contributed by atoms with van der Waals surface area (Å²) in [6.07, 6.45) is -42.5. The molecule has 7 aliphatic heterocycles. The van der Waals surface area contributed by atoms with Gasteiger partial charge in [-0.3, -0.25) is 0 Å². The van der Waals surface area contributed by atoms with Gasteiger partial charge in [0.25, 0.3) is 0 Å². The number of aliphatic hydroxyl groups is 17. The first kappa shape index (κ1) is 65.3. The second-order valence-electron chi connectivity index (χ2n) is 26.9. The molecule has 0 amide bonds. The van der Waals surface area contributed by atoms with Crippen LogP contribution in [0.15, 0.2) is 0 Å². The summed E-state index contributed by atoms with van der Waals surface area (Å²) in [6.45, 7) is 5.21. The van der Waals surface area contributed by atoms with E-state index in [2.05, 4.69) is 27.7 Å². The SMILES string of the molecule is C[C@H]1CC[C@@]2(OC1)OC1[C@H](O)[C@@H]3[C@H]4CC[C@@H]5CC(OC6O[C@@H](CO)[C@H](O[C@H]7OC(CO)[C@H](O)[C@@H](OC8OC[C@H](O)[C@@H](O)C8O)C7O[C@H]7OC(CO)[C@H](O)[C@@H](O[C@H]8OC(CO)[C@H](O)C(O)[C@@H]8O)[C@@H]7O)C(O)[C@@H]6O)[C@@H](O)C[C@@]5(C)[C@@H]4CC[C@@]3(C)[C@@H]1[C@@H]2C. The van der Waals surface area contributed by atoms with Crippen LogP contribution in [0.4, 0.5) is 0 Å². The van der Waals surface area contributed by atoms with Crippen LogP contribution >= 0.6 is 0 Å². The minimum Gasteiger partial charge on any atom is -0.394 e. The molecule has 0 aromatic carbocycles. The van der Waals surface area contributed by atoms with Gasteiger partial charge in [0.2, 0.25) is 0 Å². The topological polar surface area (TPSA) is 455 Å². The number of fused-ring (bicyclic) bond motifs is 7. The number of hydrogen-bond acceptors (Lipinski definition) is 29. The summed E-state index contributed by atoms with van der Waals surface area (Å²) in [5.74, 6) is 0.388. The monoisotopic (exact) mass is 1230 g/mol. The molecule has 85 heavy (non-hydrogen) atoms.